The molecule has 0 atom stereocenters. The zero-order valence-corrected chi connectivity index (χ0v) is 16.4. The number of aryl methyl sites for hydroxylation is 1. The van der Waals surface area contributed by atoms with Crippen molar-refractivity contribution in [3.8, 4) is 5.75 Å². The summed E-state index contributed by atoms with van der Waals surface area (Å²) in [5, 5.41) is 13.2. The lowest BCUT2D eigenvalue weighted by Crippen LogP contribution is -2.17. The second-order valence-corrected chi connectivity index (χ2v) is 6.81. The van der Waals surface area contributed by atoms with Gasteiger partial charge in [0.05, 0.1) is 22.4 Å². The number of nitrogens with zero attached hydrogens (tertiary/aromatic N) is 3. The topological polar surface area (TPSA) is 87.8 Å². The first-order chi connectivity index (χ1) is 14.7. The van der Waals surface area contributed by atoms with E-state index in [2.05, 4.69) is 35.5 Å². The number of benzene rings is 2. The highest BCUT2D eigenvalue weighted by Crippen LogP contribution is 2.33. The smallest absolute Gasteiger partial charge is 0.404 e. The van der Waals surface area contributed by atoms with Crippen molar-refractivity contribution in [3.63, 3.8) is 0 Å². The third-order valence-corrected chi connectivity index (χ3v) is 4.47. The van der Waals surface area contributed by atoms with Crippen molar-refractivity contribution in [1.29, 1.82) is 0 Å². The van der Waals surface area contributed by atoms with Gasteiger partial charge in [-0.3, -0.25) is 5.10 Å². The number of fused-ring (bicyclic) bond motifs is 1. The molecule has 4 rings (SSSR count). The van der Waals surface area contributed by atoms with E-state index in [0.29, 0.717) is 5.69 Å². The summed E-state index contributed by atoms with van der Waals surface area (Å²) >= 11 is 5.82. The molecule has 3 N–H and O–H groups in total. The number of alkyl halides is 3. The van der Waals surface area contributed by atoms with Crippen LogP contribution in [0.2, 0.25) is 5.02 Å². The van der Waals surface area contributed by atoms with Gasteiger partial charge in [-0.05, 0) is 43.3 Å². The van der Waals surface area contributed by atoms with Gasteiger partial charge in [-0.2, -0.15) is 10.1 Å². The minimum absolute atomic E-state index is 0.104. The molecule has 0 radical (unpaired) electrons. The normalized spacial score (nSPS) is 11.5. The average Bonchev–Trinajstić information content (AvgIpc) is 3.06. The molecule has 2 aromatic heterocycles. The van der Waals surface area contributed by atoms with E-state index in [0.717, 1.165) is 34.9 Å². The Labute approximate surface area is 177 Å². The molecule has 7 nitrogen and oxygen atoms in total. The molecule has 0 saturated carbocycles. The predicted octanol–water partition coefficient (Wildman–Crippen LogP) is 5.84. The molecule has 160 valence electrons. The zero-order valence-electron chi connectivity index (χ0n) is 15.7. The number of nitrogens with one attached hydrogen (secondary N) is 3. The fourth-order valence-electron chi connectivity index (χ4n) is 2.79. The highest BCUT2D eigenvalue weighted by atomic mass is 35.5. The Morgan fingerprint density at radius 2 is 1.81 bits per heavy atom. The van der Waals surface area contributed by atoms with Gasteiger partial charge in [0.2, 0.25) is 5.95 Å². The van der Waals surface area contributed by atoms with Gasteiger partial charge in [0.1, 0.15) is 5.75 Å². The van der Waals surface area contributed by atoms with Crippen molar-refractivity contribution >= 4 is 45.6 Å². The Hall–Kier alpha value is -3.60. The van der Waals surface area contributed by atoms with E-state index in [-0.39, 0.29) is 22.5 Å². The summed E-state index contributed by atoms with van der Waals surface area (Å²) < 4.78 is 55.1. The van der Waals surface area contributed by atoms with Crippen LogP contribution in [0, 0.1) is 12.7 Å². The van der Waals surface area contributed by atoms with Crippen LogP contribution >= 0.6 is 11.6 Å². The van der Waals surface area contributed by atoms with Crippen molar-refractivity contribution in [2.75, 3.05) is 10.6 Å². The number of anilines is 4. The van der Waals surface area contributed by atoms with Gasteiger partial charge < -0.3 is 15.4 Å². The van der Waals surface area contributed by atoms with E-state index in [9.17, 15) is 17.6 Å². The van der Waals surface area contributed by atoms with Crippen LogP contribution < -0.4 is 15.4 Å². The second-order valence-electron chi connectivity index (χ2n) is 6.40. The van der Waals surface area contributed by atoms with Gasteiger partial charge in [0, 0.05) is 16.8 Å². The van der Waals surface area contributed by atoms with Crippen molar-refractivity contribution in [3.05, 3.63) is 59.1 Å². The summed E-state index contributed by atoms with van der Waals surface area (Å²) in [6.07, 6.45) is -3.92. The summed E-state index contributed by atoms with van der Waals surface area (Å²) in [4.78, 5) is 7.98. The molecule has 0 bridgehead atoms. The Bertz CT molecular complexity index is 1260. The van der Waals surface area contributed by atoms with Gasteiger partial charge in [0.25, 0.3) is 0 Å². The molecule has 0 aliphatic heterocycles. The van der Waals surface area contributed by atoms with E-state index in [4.69, 9.17) is 11.6 Å². The Kier molecular flexibility index (Phi) is 5.27. The van der Waals surface area contributed by atoms with Crippen LogP contribution in [0.4, 0.5) is 40.7 Å². The SMILES string of the molecule is Cc1n[nH]c2ccc(Nc3ncc(F)c(Nc4ccc(OC(F)(F)F)c(Cl)c4)n3)cc12. The van der Waals surface area contributed by atoms with Gasteiger partial charge in [-0.15, -0.1) is 13.2 Å². The Morgan fingerprint density at radius 3 is 2.55 bits per heavy atom. The fraction of sp³-hybridized carbons (Fsp3) is 0.105. The van der Waals surface area contributed by atoms with E-state index in [1.54, 1.807) is 6.07 Å². The summed E-state index contributed by atoms with van der Waals surface area (Å²) in [5.41, 5.74) is 2.54. The molecule has 0 aliphatic carbocycles. The minimum Gasteiger partial charge on any atom is -0.404 e. The number of aromatic nitrogens is 4. The molecule has 0 spiro atoms. The molecule has 0 amide bonds. The maximum absolute atomic E-state index is 14.2. The molecular formula is C19H13ClF4N6O. The highest BCUT2D eigenvalue weighted by molar-refractivity contribution is 6.32. The van der Waals surface area contributed by atoms with Crippen LogP contribution in [0.3, 0.4) is 0 Å². The van der Waals surface area contributed by atoms with Gasteiger partial charge in [-0.1, -0.05) is 11.6 Å². The van der Waals surface area contributed by atoms with Crippen LogP contribution in [0.25, 0.3) is 10.9 Å². The molecule has 0 unspecified atom stereocenters. The van der Waals surface area contributed by atoms with Crippen molar-refractivity contribution in [1.82, 2.24) is 20.2 Å². The maximum Gasteiger partial charge on any atom is 0.573 e. The number of ether oxygens (including phenoxy) is 1. The van der Waals surface area contributed by atoms with Gasteiger partial charge >= 0.3 is 6.36 Å². The molecule has 0 fully saturated rings. The van der Waals surface area contributed by atoms with Crippen LogP contribution in [-0.2, 0) is 0 Å². The molecule has 2 aromatic carbocycles. The van der Waals surface area contributed by atoms with Crippen molar-refractivity contribution < 1.29 is 22.3 Å². The van der Waals surface area contributed by atoms with Gasteiger partial charge in [-0.25, -0.2) is 9.37 Å². The summed E-state index contributed by atoms with van der Waals surface area (Å²) in [7, 11) is 0. The van der Waals surface area contributed by atoms with Crippen molar-refractivity contribution in [2.24, 2.45) is 0 Å². The molecule has 12 heteroatoms. The van der Waals surface area contributed by atoms with E-state index in [1.807, 2.05) is 19.1 Å². The molecule has 31 heavy (non-hydrogen) atoms. The fourth-order valence-corrected chi connectivity index (χ4v) is 3.01. The zero-order chi connectivity index (χ0) is 22.2. The standard InChI is InChI=1S/C19H13ClF4N6O/c1-9-12-6-10(2-4-15(12)30-29-9)27-18-25-8-14(21)17(28-18)26-11-3-5-16(13(20)7-11)31-19(22,23)24/h2-8H,1H3,(H,29,30)(H2,25,26,27,28). The van der Waals surface area contributed by atoms with E-state index in [1.165, 1.54) is 6.07 Å². The quantitative estimate of drug-likeness (QED) is 0.330. The van der Waals surface area contributed by atoms with Crippen LogP contribution in [0.15, 0.2) is 42.6 Å². The van der Waals surface area contributed by atoms with E-state index >= 15 is 0 Å². The lowest BCUT2D eigenvalue weighted by atomic mass is 10.2. The lowest BCUT2D eigenvalue weighted by Gasteiger charge is -2.13. The molecule has 4 aromatic rings. The Balaban J connectivity index is 1.55. The van der Waals surface area contributed by atoms with Gasteiger partial charge in [0.15, 0.2) is 11.6 Å². The summed E-state index contributed by atoms with van der Waals surface area (Å²) in [5.74, 6) is -1.43. The Morgan fingerprint density at radius 1 is 1.06 bits per heavy atom. The number of hydrogen-bond acceptors (Lipinski definition) is 6. The number of halogens is 5. The van der Waals surface area contributed by atoms with Crippen molar-refractivity contribution in [2.45, 2.75) is 13.3 Å². The number of H-pyrrole nitrogens is 1. The average molecular weight is 453 g/mol. The van der Waals surface area contributed by atoms with Crippen LogP contribution in [0.5, 0.6) is 5.75 Å². The number of hydrogen-bond donors (Lipinski definition) is 3. The monoisotopic (exact) mass is 452 g/mol. The first-order valence-corrected chi connectivity index (χ1v) is 9.12. The third-order valence-electron chi connectivity index (χ3n) is 4.17. The molecular weight excluding hydrogens is 440 g/mol. The van der Waals surface area contributed by atoms with Crippen LogP contribution in [0.1, 0.15) is 5.69 Å². The summed E-state index contributed by atoms with van der Waals surface area (Å²) in [6.45, 7) is 1.86. The number of rotatable bonds is 5. The highest BCUT2D eigenvalue weighted by Gasteiger charge is 2.32. The third kappa shape index (κ3) is 4.77. The largest absolute Gasteiger partial charge is 0.573 e. The molecule has 0 aliphatic rings. The first-order valence-electron chi connectivity index (χ1n) is 8.74. The lowest BCUT2D eigenvalue weighted by molar-refractivity contribution is -0.274. The summed E-state index contributed by atoms with van der Waals surface area (Å²) in [6, 6.07) is 8.86. The molecule has 0 saturated heterocycles. The second kappa shape index (κ2) is 7.91. The number of aromatic amines is 1. The minimum atomic E-state index is -4.88. The maximum atomic E-state index is 14.2. The first kappa shape index (κ1) is 20.7. The van der Waals surface area contributed by atoms with Crippen LogP contribution in [-0.4, -0.2) is 26.5 Å². The predicted molar refractivity (Wildman–Crippen MR) is 108 cm³/mol. The molecule has 2 heterocycles. The van der Waals surface area contributed by atoms with E-state index < -0.39 is 17.9 Å².